The molecule has 0 unspecified atom stereocenters. The predicted octanol–water partition coefficient (Wildman–Crippen LogP) is 5.19. The highest BCUT2D eigenvalue weighted by Gasteiger charge is 2.24. The number of benzene rings is 2. The highest BCUT2D eigenvalue weighted by atomic mass is 35.5. The smallest absolute Gasteiger partial charge is 0.263 e. The number of amides is 1. The number of halogens is 1. The Morgan fingerprint density at radius 2 is 1.94 bits per heavy atom. The van der Waals surface area contributed by atoms with E-state index in [0.29, 0.717) is 44.3 Å². The molecule has 4 aromatic rings. The van der Waals surface area contributed by atoms with Crippen molar-refractivity contribution >= 4 is 50.6 Å². The van der Waals surface area contributed by atoms with Crippen LogP contribution in [0.5, 0.6) is 0 Å². The van der Waals surface area contributed by atoms with Gasteiger partial charge in [0.15, 0.2) is 0 Å². The molecule has 2 aromatic heterocycles. The number of carbonyl (C=O) groups excluding carboxylic acids is 1. The number of nitrogen functional groups attached to an aromatic ring is 2. The van der Waals surface area contributed by atoms with E-state index < -0.39 is 0 Å². The lowest BCUT2D eigenvalue weighted by molar-refractivity contribution is 0.0959. The zero-order valence-electron chi connectivity index (χ0n) is 18.0. The number of thiophene rings is 1. The summed E-state index contributed by atoms with van der Waals surface area (Å²) in [4.78, 5) is 18.2. The van der Waals surface area contributed by atoms with Gasteiger partial charge in [-0.05, 0) is 41.7 Å². The average molecular weight is 476 g/mol. The first-order valence-corrected chi connectivity index (χ1v) is 11.7. The SMILES string of the molecule is CCc1ccc(-c2c(C#N)c(N)nc3sc(C(=O)NCCc4cccc(Cl)c4)c(N)c23)cc1. The van der Waals surface area contributed by atoms with Gasteiger partial charge in [0.2, 0.25) is 0 Å². The van der Waals surface area contributed by atoms with Crippen molar-refractivity contribution in [3.05, 3.63) is 75.1 Å². The summed E-state index contributed by atoms with van der Waals surface area (Å²) < 4.78 is 0. The normalized spacial score (nSPS) is 10.8. The van der Waals surface area contributed by atoms with Gasteiger partial charge in [-0.3, -0.25) is 4.79 Å². The standard InChI is InChI=1S/C25H22ClN5OS/c1-2-14-6-8-16(9-7-14)19-18(13-27)23(29)31-25-20(19)21(28)22(33-25)24(32)30-11-10-15-4-3-5-17(26)12-15/h3-9,12H,2,10-11,28H2,1H3,(H2,29,31)(H,30,32). The number of carbonyl (C=O) groups is 1. The molecule has 6 nitrogen and oxygen atoms in total. The first kappa shape index (κ1) is 22.6. The number of fused-ring (bicyclic) bond motifs is 1. The number of nitrogens with one attached hydrogen (secondary N) is 1. The van der Waals surface area contributed by atoms with Gasteiger partial charge in [-0.1, -0.05) is 54.9 Å². The van der Waals surface area contributed by atoms with Crippen LogP contribution in [0.4, 0.5) is 11.5 Å². The summed E-state index contributed by atoms with van der Waals surface area (Å²) in [6, 6.07) is 17.6. The summed E-state index contributed by atoms with van der Waals surface area (Å²) >= 11 is 7.20. The van der Waals surface area contributed by atoms with E-state index in [2.05, 4.69) is 23.3 Å². The van der Waals surface area contributed by atoms with Crippen LogP contribution in [0.2, 0.25) is 5.02 Å². The molecule has 1 amide bonds. The predicted molar refractivity (Wildman–Crippen MR) is 135 cm³/mol. The van der Waals surface area contributed by atoms with E-state index in [4.69, 9.17) is 23.1 Å². The maximum Gasteiger partial charge on any atom is 0.263 e. The van der Waals surface area contributed by atoms with Crippen LogP contribution in [-0.2, 0) is 12.8 Å². The number of rotatable bonds is 6. The number of aromatic nitrogens is 1. The first-order valence-electron chi connectivity index (χ1n) is 10.5. The fourth-order valence-corrected chi connectivity index (χ4v) is 4.98. The molecule has 0 atom stereocenters. The molecule has 0 saturated carbocycles. The van der Waals surface area contributed by atoms with Gasteiger partial charge in [0.25, 0.3) is 5.91 Å². The maximum absolute atomic E-state index is 12.9. The lowest BCUT2D eigenvalue weighted by atomic mass is 9.96. The summed E-state index contributed by atoms with van der Waals surface area (Å²) in [6.45, 7) is 2.50. The van der Waals surface area contributed by atoms with E-state index in [0.717, 1.165) is 17.5 Å². The van der Waals surface area contributed by atoms with Gasteiger partial charge in [0.1, 0.15) is 27.2 Å². The van der Waals surface area contributed by atoms with Crippen molar-refractivity contribution in [3.63, 3.8) is 0 Å². The van der Waals surface area contributed by atoms with Crippen LogP contribution < -0.4 is 16.8 Å². The summed E-state index contributed by atoms with van der Waals surface area (Å²) in [5.74, 6) is -0.171. The highest BCUT2D eigenvalue weighted by Crippen LogP contribution is 2.42. The van der Waals surface area contributed by atoms with Crippen molar-refractivity contribution in [2.24, 2.45) is 0 Å². The van der Waals surface area contributed by atoms with E-state index in [1.165, 1.54) is 16.9 Å². The molecule has 0 spiro atoms. The molecular formula is C25H22ClN5OS. The third-order valence-corrected chi connectivity index (χ3v) is 6.80. The molecule has 0 aliphatic rings. The Bertz CT molecular complexity index is 1390. The van der Waals surface area contributed by atoms with Gasteiger partial charge in [0.05, 0.1) is 5.69 Å². The quantitative estimate of drug-likeness (QED) is 0.354. The van der Waals surface area contributed by atoms with Gasteiger partial charge in [-0.2, -0.15) is 5.26 Å². The van der Waals surface area contributed by atoms with Crippen LogP contribution in [0.3, 0.4) is 0 Å². The average Bonchev–Trinajstić information content (AvgIpc) is 3.14. The topological polar surface area (TPSA) is 118 Å². The number of hydrogen-bond acceptors (Lipinski definition) is 6. The second kappa shape index (κ2) is 9.49. The molecule has 33 heavy (non-hydrogen) atoms. The number of hydrogen-bond donors (Lipinski definition) is 3. The summed E-state index contributed by atoms with van der Waals surface area (Å²) in [6.07, 6.45) is 1.54. The van der Waals surface area contributed by atoms with Crippen molar-refractivity contribution in [2.75, 3.05) is 18.0 Å². The molecule has 2 heterocycles. The van der Waals surface area contributed by atoms with Crippen molar-refractivity contribution in [1.29, 1.82) is 5.26 Å². The highest BCUT2D eigenvalue weighted by molar-refractivity contribution is 7.21. The number of pyridine rings is 1. The molecule has 0 saturated heterocycles. The number of nitrogens with two attached hydrogens (primary N) is 2. The number of nitrogens with zero attached hydrogens (tertiary/aromatic N) is 2. The largest absolute Gasteiger partial charge is 0.397 e. The van der Waals surface area contributed by atoms with Gasteiger partial charge in [0, 0.05) is 22.5 Å². The third-order valence-electron chi connectivity index (χ3n) is 5.46. The first-order chi connectivity index (χ1) is 15.9. The minimum Gasteiger partial charge on any atom is -0.397 e. The Balaban J connectivity index is 1.70. The minimum atomic E-state index is -0.290. The molecule has 166 valence electrons. The van der Waals surface area contributed by atoms with Crippen molar-refractivity contribution in [3.8, 4) is 17.2 Å². The molecule has 0 aliphatic heterocycles. The molecule has 0 aliphatic carbocycles. The van der Waals surface area contributed by atoms with E-state index in [9.17, 15) is 10.1 Å². The Kier molecular flexibility index (Phi) is 6.50. The van der Waals surface area contributed by atoms with E-state index in [1.807, 2.05) is 48.5 Å². The Labute approximate surface area is 200 Å². The van der Waals surface area contributed by atoms with E-state index >= 15 is 0 Å². The van der Waals surface area contributed by atoms with Crippen LogP contribution in [0.25, 0.3) is 21.3 Å². The fourth-order valence-electron chi connectivity index (χ4n) is 3.74. The van der Waals surface area contributed by atoms with Crippen LogP contribution in [0.1, 0.15) is 33.3 Å². The number of nitriles is 1. The fraction of sp³-hybridized carbons (Fsp3) is 0.160. The molecule has 4 rings (SSSR count). The summed E-state index contributed by atoms with van der Waals surface area (Å²) in [5, 5.41) is 13.9. The van der Waals surface area contributed by atoms with Gasteiger partial charge in [-0.25, -0.2) is 4.98 Å². The van der Waals surface area contributed by atoms with Crippen LogP contribution in [-0.4, -0.2) is 17.4 Å². The lowest BCUT2D eigenvalue weighted by Gasteiger charge is -2.10. The van der Waals surface area contributed by atoms with E-state index in [1.54, 1.807) is 0 Å². The van der Waals surface area contributed by atoms with Crippen LogP contribution in [0.15, 0.2) is 48.5 Å². The minimum absolute atomic E-state index is 0.119. The van der Waals surface area contributed by atoms with Gasteiger partial charge < -0.3 is 16.8 Å². The Morgan fingerprint density at radius 1 is 1.18 bits per heavy atom. The zero-order valence-corrected chi connectivity index (χ0v) is 19.6. The lowest BCUT2D eigenvalue weighted by Crippen LogP contribution is -2.25. The molecule has 8 heteroatoms. The Morgan fingerprint density at radius 3 is 2.61 bits per heavy atom. The molecular weight excluding hydrogens is 454 g/mol. The number of anilines is 2. The summed E-state index contributed by atoms with van der Waals surface area (Å²) in [5.41, 5.74) is 16.7. The van der Waals surface area contributed by atoms with Gasteiger partial charge >= 0.3 is 0 Å². The van der Waals surface area contributed by atoms with Crippen molar-refractivity contribution < 1.29 is 4.79 Å². The third kappa shape index (κ3) is 4.49. The Hall–Kier alpha value is -3.60. The molecule has 2 aromatic carbocycles. The molecule has 0 bridgehead atoms. The second-order valence-electron chi connectivity index (χ2n) is 7.57. The zero-order chi connectivity index (χ0) is 23.5. The second-order valence-corrected chi connectivity index (χ2v) is 9.01. The van der Waals surface area contributed by atoms with Crippen LogP contribution >= 0.6 is 22.9 Å². The maximum atomic E-state index is 12.9. The molecule has 5 N–H and O–H groups in total. The molecule has 0 fully saturated rings. The summed E-state index contributed by atoms with van der Waals surface area (Å²) in [7, 11) is 0. The monoisotopic (exact) mass is 475 g/mol. The van der Waals surface area contributed by atoms with Crippen molar-refractivity contribution in [2.45, 2.75) is 19.8 Å². The molecule has 0 radical (unpaired) electrons. The van der Waals surface area contributed by atoms with Gasteiger partial charge in [-0.15, -0.1) is 11.3 Å². The van der Waals surface area contributed by atoms with Crippen LogP contribution in [0, 0.1) is 11.3 Å². The van der Waals surface area contributed by atoms with E-state index in [-0.39, 0.29) is 17.3 Å². The van der Waals surface area contributed by atoms with Crippen molar-refractivity contribution in [1.82, 2.24) is 10.3 Å². The number of aryl methyl sites for hydroxylation is 1.